The average molecular weight is 287 g/mol. The van der Waals surface area contributed by atoms with Crippen molar-refractivity contribution in [3.63, 3.8) is 0 Å². The number of aryl methyl sites for hydroxylation is 1. The van der Waals surface area contributed by atoms with E-state index in [1.807, 2.05) is 34.5 Å². The summed E-state index contributed by atoms with van der Waals surface area (Å²) in [6, 6.07) is 3.69. The van der Waals surface area contributed by atoms with Gasteiger partial charge < -0.3 is 24.3 Å². The smallest absolute Gasteiger partial charge is 0.201 e. The van der Waals surface area contributed by atoms with Crippen molar-refractivity contribution in [3.05, 3.63) is 30.4 Å². The van der Waals surface area contributed by atoms with E-state index in [0.29, 0.717) is 24.0 Å². The third kappa shape index (κ3) is 2.16. The first-order chi connectivity index (χ1) is 10.1. The molecule has 110 valence electrons. The fourth-order valence-corrected chi connectivity index (χ4v) is 2.33. The molecule has 7 nitrogen and oxygen atoms in total. The normalized spacial score (nSPS) is 11.0. The lowest BCUT2D eigenvalue weighted by Crippen LogP contribution is -2.08. The van der Waals surface area contributed by atoms with Crippen LogP contribution in [0.1, 0.15) is 5.82 Å². The highest BCUT2D eigenvalue weighted by Crippen LogP contribution is 2.33. The minimum atomic E-state index is 0.434. The van der Waals surface area contributed by atoms with Crippen LogP contribution >= 0.6 is 0 Å². The van der Waals surface area contributed by atoms with Gasteiger partial charge in [0, 0.05) is 31.6 Å². The van der Waals surface area contributed by atoms with E-state index in [1.165, 1.54) is 0 Å². The lowest BCUT2D eigenvalue weighted by atomic mass is 10.2. The Balaban J connectivity index is 2.14. The zero-order valence-electron chi connectivity index (χ0n) is 12.2. The number of hydrogen-bond donors (Lipinski definition) is 1. The molecule has 0 aliphatic rings. The second kappa shape index (κ2) is 5.01. The summed E-state index contributed by atoms with van der Waals surface area (Å²) >= 11 is 0. The molecule has 0 amide bonds. The second-order valence-electron chi connectivity index (χ2n) is 4.71. The number of aromatic nitrogens is 4. The number of ether oxygens (including phenoxy) is 2. The Morgan fingerprint density at radius 3 is 2.52 bits per heavy atom. The first kappa shape index (κ1) is 13.3. The van der Waals surface area contributed by atoms with E-state index in [9.17, 15) is 0 Å². The highest BCUT2D eigenvalue weighted by atomic mass is 16.5. The van der Waals surface area contributed by atoms with Crippen molar-refractivity contribution in [2.24, 2.45) is 7.05 Å². The van der Waals surface area contributed by atoms with Gasteiger partial charge in [0.25, 0.3) is 0 Å². The Hall–Kier alpha value is -2.70. The molecule has 0 spiro atoms. The first-order valence-electron chi connectivity index (χ1n) is 6.48. The number of nitrogens with two attached hydrogens (primary N) is 1. The van der Waals surface area contributed by atoms with Crippen LogP contribution in [0.3, 0.4) is 0 Å². The number of nitrogen functional groups attached to an aromatic ring is 1. The van der Waals surface area contributed by atoms with Gasteiger partial charge in [0.15, 0.2) is 11.5 Å². The molecule has 0 fully saturated rings. The summed E-state index contributed by atoms with van der Waals surface area (Å²) in [5.41, 5.74) is 7.68. The molecule has 0 aliphatic carbocycles. The Labute approximate surface area is 121 Å². The van der Waals surface area contributed by atoms with Gasteiger partial charge in [-0.25, -0.2) is 9.97 Å². The van der Waals surface area contributed by atoms with E-state index in [4.69, 9.17) is 15.2 Å². The van der Waals surface area contributed by atoms with Gasteiger partial charge in [-0.05, 0) is 0 Å². The van der Waals surface area contributed by atoms with Crippen LogP contribution in [0, 0.1) is 0 Å². The van der Waals surface area contributed by atoms with Crippen molar-refractivity contribution in [3.8, 4) is 11.5 Å². The first-order valence-corrected chi connectivity index (χ1v) is 6.48. The van der Waals surface area contributed by atoms with Crippen molar-refractivity contribution in [1.82, 2.24) is 19.1 Å². The lowest BCUT2D eigenvalue weighted by Gasteiger charge is -2.09. The summed E-state index contributed by atoms with van der Waals surface area (Å²) < 4.78 is 14.5. The van der Waals surface area contributed by atoms with Crippen LogP contribution in [0.4, 0.5) is 5.95 Å². The van der Waals surface area contributed by atoms with Crippen molar-refractivity contribution >= 4 is 17.0 Å². The number of nitrogens with zero attached hydrogens (tertiary/aromatic N) is 4. The zero-order valence-corrected chi connectivity index (χ0v) is 12.2. The van der Waals surface area contributed by atoms with Gasteiger partial charge in [-0.3, -0.25) is 0 Å². The Morgan fingerprint density at radius 2 is 1.90 bits per heavy atom. The molecular formula is C14H17N5O2. The largest absolute Gasteiger partial charge is 0.493 e. The molecule has 3 rings (SSSR count). The minimum Gasteiger partial charge on any atom is -0.493 e. The number of imidazole rings is 2. The molecule has 0 saturated carbocycles. The summed E-state index contributed by atoms with van der Waals surface area (Å²) in [6.45, 7) is 0.543. The summed E-state index contributed by atoms with van der Waals surface area (Å²) in [5.74, 6) is 2.61. The van der Waals surface area contributed by atoms with Gasteiger partial charge in [0.2, 0.25) is 5.95 Å². The molecule has 0 bridgehead atoms. The summed E-state index contributed by atoms with van der Waals surface area (Å²) in [7, 11) is 5.14. The van der Waals surface area contributed by atoms with Crippen LogP contribution in [0.25, 0.3) is 11.0 Å². The molecule has 0 unspecified atom stereocenters. The Morgan fingerprint density at radius 1 is 1.19 bits per heavy atom. The molecule has 3 aromatic rings. The van der Waals surface area contributed by atoms with Gasteiger partial charge in [-0.15, -0.1) is 0 Å². The molecular weight excluding hydrogens is 270 g/mol. The molecule has 0 atom stereocenters. The SMILES string of the molecule is COc1cc2nc(N)n(Cc3nccn3C)c2cc1OC. The maximum Gasteiger partial charge on any atom is 0.201 e. The van der Waals surface area contributed by atoms with Crippen LogP contribution in [-0.4, -0.2) is 33.3 Å². The standard InChI is InChI=1S/C14H17N5O2/c1-18-5-4-16-13(18)8-19-10-7-12(21-3)11(20-2)6-9(10)17-14(19)15/h4-7H,8H2,1-3H3,(H2,15,17). The highest BCUT2D eigenvalue weighted by molar-refractivity contribution is 5.82. The van der Waals surface area contributed by atoms with Crippen molar-refractivity contribution in [1.29, 1.82) is 0 Å². The molecule has 1 aromatic carbocycles. The maximum atomic E-state index is 6.04. The number of rotatable bonds is 4. The number of benzene rings is 1. The molecule has 0 aliphatic heterocycles. The van der Waals surface area contributed by atoms with Crippen LogP contribution in [0.5, 0.6) is 11.5 Å². The van der Waals surface area contributed by atoms with E-state index >= 15 is 0 Å². The van der Waals surface area contributed by atoms with Crippen molar-refractivity contribution in [2.75, 3.05) is 20.0 Å². The molecule has 2 aromatic heterocycles. The van der Waals surface area contributed by atoms with E-state index in [-0.39, 0.29) is 0 Å². The molecule has 0 saturated heterocycles. The number of methoxy groups -OCH3 is 2. The summed E-state index contributed by atoms with van der Waals surface area (Å²) in [4.78, 5) is 8.69. The highest BCUT2D eigenvalue weighted by Gasteiger charge is 2.14. The molecule has 2 heterocycles. The number of hydrogen-bond acceptors (Lipinski definition) is 5. The van der Waals surface area contributed by atoms with Gasteiger partial charge in [0.1, 0.15) is 5.82 Å². The molecule has 0 radical (unpaired) electrons. The van der Waals surface area contributed by atoms with E-state index in [2.05, 4.69) is 9.97 Å². The molecule has 2 N–H and O–H groups in total. The Kier molecular flexibility index (Phi) is 3.17. The third-order valence-corrected chi connectivity index (χ3v) is 3.50. The topological polar surface area (TPSA) is 80.1 Å². The van der Waals surface area contributed by atoms with E-state index in [0.717, 1.165) is 16.9 Å². The predicted octanol–water partition coefficient (Wildman–Crippen LogP) is 1.42. The van der Waals surface area contributed by atoms with Crippen molar-refractivity contribution in [2.45, 2.75) is 6.54 Å². The number of fused-ring (bicyclic) bond motifs is 1. The van der Waals surface area contributed by atoms with E-state index in [1.54, 1.807) is 20.4 Å². The fourth-order valence-electron chi connectivity index (χ4n) is 2.33. The van der Waals surface area contributed by atoms with Crippen LogP contribution < -0.4 is 15.2 Å². The van der Waals surface area contributed by atoms with Crippen LogP contribution in [0.15, 0.2) is 24.5 Å². The fraction of sp³-hybridized carbons (Fsp3) is 0.286. The predicted molar refractivity (Wildman–Crippen MR) is 79.6 cm³/mol. The second-order valence-corrected chi connectivity index (χ2v) is 4.71. The van der Waals surface area contributed by atoms with E-state index < -0.39 is 0 Å². The zero-order chi connectivity index (χ0) is 15.0. The lowest BCUT2D eigenvalue weighted by molar-refractivity contribution is 0.355. The number of anilines is 1. The monoisotopic (exact) mass is 287 g/mol. The van der Waals surface area contributed by atoms with Gasteiger partial charge in [-0.1, -0.05) is 0 Å². The van der Waals surface area contributed by atoms with Gasteiger partial charge in [-0.2, -0.15) is 0 Å². The van der Waals surface area contributed by atoms with Crippen molar-refractivity contribution < 1.29 is 9.47 Å². The van der Waals surface area contributed by atoms with Gasteiger partial charge >= 0.3 is 0 Å². The molecule has 21 heavy (non-hydrogen) atoms. The minimum absolute atomic E-state index is 0.434. The summed E-state index contributed by atoms with van der Waals surface area (Å²) in [5, 5.41) is 0. The molecule has 7 heteroatoms. The van der Waals surface area contributed by atoms with Crippen LogP contribution in [-0.2, 0) is 13.6 Å². The maximum absolute atomic E-state index is 6.04. The summed E-state index contributed by atoms with van der Waals surface area (Å²) in [6.07, 6.45) is 3.66. The van der Waals surface area contributed by atoms with Crippen LogP contribution in [0.2, 0.25) is 0 Å². The van der Waals surface area contributed by atoms with Gasteiger partial charge in [0.05, 0.1) is 31.8 Å². The Bertz CT molecular complexity index is 790. The quantitative estimate of drug-likeness (QED) is 0.785. The third-order valence-electron chi connectivity index (χ3n) is 3.50. The average Bonchev–Trinajstić information content (AvgIpc) is 3.02.